The van der Waals surface area contributed by atoms with Gasteiger partial charge in [0.1, 0.15) is 5.52 Å². The van der Waals surface area contributed by atoms with Gasteiger partial charge in [-0.3, -0.25) is 0 Å². The summed E-state index contributed by atoms with van der Waals surface area (Å²) in [5, 5.41) is 7.59. The van der Waals surface area contributed by atoms with Crippen molar-refractivity contribution < 1.29 is 12.8 Å². The minimum Gasteiger partial charge on any atom is -0.423 e. The average Bonchev–Trinajstić information content (AvgIpc) is 2.57. The van der Waals surface area contributed by atoms with Gasteiger partial charge in [0.25, 0.3) is 6.01 Å². The predicted octanol–water partition coefficient (Wildman–Crippen LogP) is 0.110. The van der Waals surface area contributed by atoms with E-state index in [2.05, 4.69) is 10.3 Å². The number of anilines is 2. The largest absolute Gasteiger partial charge is 0.423 e. The molecule has 0 saturated carbocycles. The smallest absolute Gasteiger partial charge is 0.295 e. The van der Waals surface area contributed by atoms with Crippen LogP contribution in [0.25, 0.3) is 11.1 Å². The van der Waals surface area contributed by atoms with Crippen LogP contribution in [-0.4, -0.2) is 25.7 Å². The lowest BCUT2D eigenvalue weighted by Crippen LogP contribution is -2.22. The van der Waals surface area contributed by atoms with Crippen LogP contribution in [0.15, 0.2) is 22.6 Å². The van der Waals surface area contributed by atoms with Crippen molar-refractivity contribution in [3.8, 4) is 0 Å². The Morgan fingerprint density at radius 1 is 1.41 bits per heavy atom. The molecule has 0 aliphatic carbocycles. The number of nitrogens with one attached hydrogen (secondary N) is 1. The number of hydrogen-bond donors (Lipinski definition) is 3. The molecule has 8 heteroatoms. The molecule has 0 aliphatic rings. The fourth-order valence-electron chi connectivity index (χ4n) is 1.32. The summed E-state index contributed by atoms with van der Waals surface area (Å²) >= 11 is 0. The van der Waals surface area contributed by atoms with Gasteiger partial charge >= 0.3 is 0 Å². The molecule has 0 unspecified atom stereocenters. The molecule has 2 rings (SSSR count). The third kappa shape index (κ3) is 3.08. The highest BCUT2D eigenvalue weighted by atomic mass is 32.2. The van der Waals surface area contributed by atoms with Gasteiger partial charge < -0.3 is 15.5 Å². The van der Waals surface area contributed by atoms with Crippen LogP contribution in [0.1, 0.15) is 0 Å². The minimum absolute atomic E-state index is 0.140. The number of sulfonamides is 1. The van der Waals surface area contributed by atoms with E-state index in [4.69, 9.17) is 15.3 Å². The molecule has 92 valence electrons. The molecule has 0 fully saturated rings. The third-order valence-corrected chi connectivity index (χ3v) is 2.85. The number of nitrogens with zero attached hydrogens (tertiary/aromatic N) is 1. The van der Waals surface area contributed by atoms with Gasteiger partial charge in [0.05, 0.1) is 5.75 Å². The molecule has 1 aromatic heterocycles. The average molecular weight is 256 g/mol. The summed E-state index contributed by atoms with van der Waals surface area (Å²) in [4.78, 5) is 4.10. The first-order chi connectivity index (χ1) is 7.94. The summed E-state index contributed by atoms with van der Waals surface area (Å²) in [5.41, 5.74) is 7.35. The van der Waals surface area contributed by atoms with Gasteiger partial charge in [-0.1, -0.05) is 0 Å². The molecule has 0 spiro atoms. The standard InChI is InChI=1S/C9H12N4O3S/c10-6-1-2-7-8(5-6)16-9(13-7)12-3-4-17(11,14)15/h1-2,5H,3-4,10H2,(H,12,13)(H2,11,14,15). The number of nitrogen functional groups attached to an aromatic ring is 1. The number of nitrogens with two attached hydrogens (primary N) is 2. The van der Waals surface area contributed by atoms with Crippen molar-refractivity contribution in [3.05, 3.63) is 18.2 Å². The summed E-state index contributed by atoms with van der Waals surface area (Å²) < 4.78 is 26.7. The maximum Gasteiger partial charge on any atom is 0.295 e. The van der Waals surface area contributed by atoms with Crippen LogP contribution in [0.5, 0.6) is 0 Å². The maximum absolute atomic E-state index is 10.7. The SMILES string of the molecule is Nc1ccc2nc(NCCS(N)(=O)=O)oc2c1. The second-order valence-electron chi connectivity index (χ2n) is 3.54. The van der Waals surface area contributed by atoms with E-state index in [1.165, 1.54) is 0 Å². The van der Waals surface area contributed by atoms with Gasteiger partial charge in [-0.2, -0.15) is 4.98 Å². The van der Waals surface area contributed by atoms with Gasteiger partial charge in [0.15, 0.2) is 5.58 Å². The van der Waals surface area contributed by atoms with E-state index >= 15 is 0 Å². The molecular formula is C9H12N4O3S. The number of aromatic nitrogens is 1. The van der Waals surface area contributed by atoms with E-state index in [0.717, 1.165) is 0 Å². The van der Waals surface area contributed by atoms with Crippen molar-refractivity contribution in [2.75, 3.05) is 23.3 Å². The van der Waals surface area contributed by atoms with E-state index in [0.29, 0.717) is 16.8 Å². The number of hydrogen-bond acceptors (Lipinski definition) is 6. The van der Waals surface area contributed by atoms with Gasteiger partial charge in [0, 0.05) is 18.3 Å². The molecule has 1 heterocycles. The van der Waals surface area contributed by atoms with Crippen molar-refractivity contribution in [2.24, 2.45) is 5.14 Å². The Kier molecular flexibility index (Phi) is 2.90. The van der Waals surface area contributed by atoms with Crippen molar-refractivity contribution in [1.29, 1.82) is 0 Å². The van der Waals surface area contributed by atoms with Crippen LogP contribution in [0.4, 0.5) is 11.7 Å². The lowest BCUT2D eigenvalue weighted by molar-refractivity contribution is 0.596. The molecule has 7 nitrogen and oxygen atoms in total. The maximum atomic E-state index is 10.7. The quantitative estimate of drug-likeness (QED) is 0.667. The molecule has 0 aliphatic heterocycles. The van der Waals surface area contributed by atoms with E-state index in [1.807, 2.05) is 0 Å². The normalized spacial score (nSPS) is 11.8. The summed E-state index contributed by atoms with van der Waals surface area (Å²) in [7, 11) is -3.48. The van der Waals surface area contributed by atoms with Crippen LogP contribution in [0, 0.1) is 0 Å². The monoisotopic (exact) mass is 256 g/mol. The van der Waals surface area contributed by atoms with E-state index in [9.17, 15) is 8.42 Å². The van der Waals surface area contributed by atoms with Crippen LogP contribution < -0.4 is 16.2 Å². The molecule has 17 heavy (non-hydrogen) atoms. The number of fused-ring (bicyclic) bond motifs is 1. The zero-order valence-corrected chi connectivity index (χ0v) is 9.70. The highest BCUT2D eigenvalue weighted by Crippen LogP contribution is 2.20. The summed E-state index contributed by atoms with van der Waals surface area (Å²) in [5.74, 6) is -0.187. The fourth-order valence-corrected chi connectivity index (χ4v) is 1.70. The van der Waals surface area contributed by atoms with Crippen molar-refractivity contribution in [3.63, 3.8) is 0 Å². The zero-order chi connectivity index (χ0) is 12.5. The molecule has 0 amide bonds. The molecule has 1 aromatic carbocycles. The highest BCUT2D eigenvalue weighted by molar-refractivity contribution is 7.89. The lowest BCUT2D eigenvalue weighted by Gasteiger charge is -1.98. The van der Waals surface area contributed by atoms with Gasteiger partial charge in [-0.05, 0) is 12.1 Å². The van der Waals surface area contributed by atoms with E-state index in [1.54, 1.807) is 18.2 Å². The predicted molar refractivity (Wildman–Crippen MR) is 64.9 cm³/mol. The molecule has 0 atom stereocenters. The van der Waals surface area contributed by atoms with Crippen LogP contribution in [0.2, 0.25) is 0 Å². The van der Waals surface area contributed by atoms with Crippen LogP contribution in [-0.2, 0) is 10.0 Å². The van der Waals surface area contributed by atoms with Crippen LogP contribution >= 0.6 is 0 Å². The Labute approximate surface area is 97.8 Å². The number of benzene rings is 1. The molecule has 5 N–H and O–H groups in total. The first-order valence-electron chi connectivity index (χ1n) is 4.84. The Bertz CT molecular complexity index is 635. The van der Waals surface area contributed by atoms with E-state index in [-0.39, 0.29) is 18.3 Å². The Balaban J connectivity index is 2.09. The fraction of sp³-hybridized carbons (Fsp3) is 0.222. The minimum atomic E-state index is -3.48. The molecule has 0 saturated heterocycles. The van der Waals surface area contributed by atoms with Gasteiger partial charge in [-0.15, -0.1) is 0 Å². The summed E-state index contributed by atoms with van der Waals surface area (Å²) in [6.07, 6.45) is 0. The van der Waals surface area contributed by atoms with Gasteiger partial charge in [0.2, 0.25) is 10.0 Å². The first-order valence-corrected chi connectivity index (χ1v) is 6.56. The second kappa shape index (κ2) is 4.22. The van der Waals surface area contributed by atoms with Crippen LogP contribution in [0.3, 0.4) is 0 Å². The summed E-state index contributed by atoms with van der Waals surface area (Å²) in [6, 6.07) is 5.32. The lowest BCUT2D eigenvalue weighted by atomic mass is 10.3. The number of primary sulfonamides is 1. The zero-order valence-electron chi connectivity index (χ0n) is 8.88. The number of rotatable bonds is 4. The van der Waals surface area contributed by atoms with Gasteiger partial charge in [-0.25, -0.2) is 13.6 Å². The molecule has 0 bridgehead atoms. The summed E-state index contributed by atoms with van der Waals surface area (Å²) in [6.45, 7) is 0.140. The van der Waals surface area contributed by atoms with Crippen molar-refractivity contribution in [1.82, 2.24) is 4.98 Å². The Hall–Kier alpha value is -1.80. The molecular weight excluding hydrogens is 244 g/mol. The number of oxazole rings is 1. The molecule has 0 radical (unpaired) electrons. The Morgan fingerprint density at radius 3 is 2.88 bits per heavy atom. The first kappa shape index (κ1) is 11.7. The van der Waals surface area contributed by atoms with Crippen molar-refractivity contribution >= 4 is 32.8 Å². The Morgan fingerprint density at radius 2 is 2.18 bits per heavy atom. The highest BCUT2D eigenvalue weighted by Gasteiger charge is 2.07. The van der Waals surface area contributed by atoms with Crippen molar-refractivity contribution in [2.45, 2.75) is 0 Å². The topological polar surface area (TPSA) is 124 Å². The molecule has 2 aromatic rings. The van der Waals surface area contributed by atoms with E-state index < -0.39 is 10.0 Å². The third-order valence-electron chi connectivity index (χ3n) is 2.08. The second-order valence-corrected chi connectivity index (χ2v) is 5.27.